The van der Waals surface area contributed by atoms with E-state index in [2.05, 4.69) is 16.3 Å². The van der Waals surface area contributed by atoms with Crippen molar-refractivity contribution in [1.29, 1.82) is 5.26 Å². The van der Waals surface area contributed by atoms with Crippen LogP contribution in [0.25, 0.3) is 0 Å². The number of aromatic nitrogens is 1. The third-order valence-electron chi connectivity index (χ3n) is 4.94. The second-order valence-electron chi connectivity index (χ2n) is 6.65. The molecule has 128 valence electrons. The summed E-state index contributed by atoms with van der Waals surface area (Å²) < 4.78 is 0. The molecule has 0 spiro atoms. The maximum Gasteiger partial charge on any atom is 0.224 e. The number of nitrogens with one attached hydrogen (secondary N) is 1. The predicted molar refractivity (Wildman–Crippen MR) is 92.6 cm³/mol. The second-order valence-corrected chi connectivity index (χ2v) is 6.65. The van der Waals surface area contributed by atoms with Crippen molar-refractivity contribution in [2.24, 2.45) is 11.7 Å². The molecule has 0 saturated carbocycles. The Morgan fingerprint density at radius 1 is 1.42 bits per heavy atom. The zero-order valence-corrected chi connectivity index (χ0v) is 14.1. The molecule has 24 heavy (non-hydrogen) atoms. The van der Waals surface area contributed by atoms with Crippen LogP contribution >= 0.6 is 0 Å². The minimum Gasteiger partial charge on any atom is -0.355 e. The van der Waals surface area contributed by atoms with E-state index in [1.165, 1.54) is 12.0 Å². The fourth-order valence-electron chi connectivity index (χ4n) is 3.67. The van der Waals surface area contributed by atoms with Crippen molar-refractivity contribution in [3.8, 4) is 6.07 Å². The number of anilines is 1. The van der Waals surface area contributed by atoms with Gasteiger partial charge in [-0.1, -0.05) is 0 Å². The normalized spacial score (nSPS) is 20.2. The largest absolute Gasteiger partial charge is 0.355 e. The fourth-order valence-corrected chi connectivity index (χ4v) is 3.67. The Kier molecular flexibility index (Phi) is 5.31. The lowest BCUT2D eigenvalue weighted by Gasteiger charge is -2.34. The average molecular weight is 327 g/mol. The Labute approximate surface area is 143 Å². The van der Waals surface area contributed by atoms with Crippen LogP contribution in [0.2, 0.25) is 0 Å². The van der Waals surface area contributed by atoms with Gasteiger partial charge in [-0.3, -0.25) is 4.79 Å². The summed E-state index contributed by atoms with van der Waals surface area (Å²) >= 11 is 0. The molecule has 1 atom stereocenters. The first-order valence-corrected chi connectivity index (χ1v) is 8.88. The number of nitrogens with zero attached hydrogens (tertiary/aromatic N) is 3. The Balaban J connectivity index is 1.80. The maximum absolute atomic E-state index is 12.2. The van der Waals surface area contributed by atoms with Crippen molar-refractivity contribution in [3.63, 3.8) is 0 Å². The Bertz CT molecular complexity index is 652. The molecule has 0 radical (unpaired) electrons. The zero-order chi connectivity index (χ0) is 16.9. The summed E-state index contributed by atoms with van der Waals surface area (Å²) in [6, 6.07) is 4.31. The standard InChI is InChI=1S/C18H25N5O/c19-7-8-21-18(24)14-5-3-9-23(12-14)17-15(11-20)10-13-4-1-2-6-16(13)22-17/h10,14H,1-9,12,19H2,(H,21,24). The molecule has 0 bridgehead atoms. The number of pyridine rings is 1. The lowest BCUT2D eigenvalue weighted by Crippen LogP contribution is -2.44. The van der Waals surface area contributed by atoms with E-state index in [0.29, 0.717) is 25.2 Å². The molecule has 1 saturated heterocycles. The van der Waals surface area contributed by atoms with E-state index >= 15 is 0 Å². The maximum atomic E-state index is 12.2. The SMILES string of the molecule is N#Cc1cc2c(nc1N1CCCC(C(=O)NCCN)C1)CCCC2. The van der Waals surface area contributed by atoms with Crippen molar-refractivity contribution in [1.82, 2.24) is 10.3 Å². The monoisotopic (exact) mass is 327 g/mol. The highest BCUT2D eigenvalue weighted by atomic mass is 16.1. The van der Waals surface area contributed by atoms with Crippen LogP contribution in [0, 0.1) is 17.2 Å². The summed E-state index contributed by atoms with van der Waals surface area (Å²) in [5, 5.41) is 12.4. The molecule has 2 aliphatic rings. The second kappa shape index (κ2) is 7.63. The first-order valence-electron chi connectivity index (χ1n) is 8.88. The van der Waals surface area contributed by atoms with Crippen LogP contribution in [-0.4, -0.2) is 37.1 Å². The van der Waals surface area contributed by atoms with Crippen LogP contribution in [0.1, 0.15) is 42.5 Å². The fraction of sp³-hybridized carbons (Fsp3) is 0.611. The lowest BCUT2D eigenvalue weighted by molar-refractivity contribution is -0.125. The molecular formula is C18H25N5O. The van der Waals surface area contributed by atoms with E-state index in [0.717, 1.165) is 50.2 Å². The number of carbonyl (C=O) groups is 1. The van der Waals surface area contributed by atoms with Crippen LogP contribution in [0.3, 0.4) is 0 Å². The van der Waals surface area contributed by atoms with E-state index in [4.69, 9.17) is 10.7 Å². The van der Waals surface area contributed by atoms with Gasteiger partial charge in [0.05, 0.1) is 11.5 Å². The summed E-state index contributed by atoms with van der Waals surface area (Å²) in [6.45, 7) is 2.43. The summed E-state index contributed by atoms with van der Waals surface area (Å²) in [4.78, 5) is 19.2. The minimum absolute atomic E-state index is 0.0571. The number of amides is 1. The van der Waals surface area contributed by atoms with E-state index in [9.17, 15) is 10.1 Å². The number of hydrogen-bond donors (Lipinski definition) is 2. The van der Waals surface area contributed by atoms with Crippen molar-refractivity contribution >= 4 is 11.7 Å². The molecule has 1 amide bonds. The molecule has 0 aromatic carbocycles. The van der Waals surface area contributed by atoms with Gasteiger partial charge in [-0.2, -0.15) is 5.26 Å². The quantitative estimate of drug-likeness (QED) is 0.864. The number of aryl methyl sites for hydroxylation is 2. The molecule has 2 heterocycles. The van der Waals surface area contributed by atoms with Gasteiger partial charge in [-0.25, -0.2) is 4.98 Å². The van der Waals surface area contributed by atoms with E-state index in [-0.39, 0.29) is 11.8 Å². The van der Waals surface area contributed by atoms with Crippen molar-refractivity contribution < 1.29 is 4.79 Å². The molecule has 1 aliphatic heterocycles. The number of piperidine rings is 1. The predicted octanol–water partition coefficient (Wildman–Crippen LogP) is 1.12. The Morgan fingerprint density at radius 3 is 3.04 bits per heavy atom. The van der Waals surface area contributed by atoms with Gasteiger partial charge in [0.2, 0.25) is 5.91 Å². The smallest absolute Gasteiger partial charge is 0.224 e. The molecule has 3 N–H and O–H groups in total. The molecule has 1 aromatic heterocycles. The average Bonchev–Trinajstić information content (AvgIpc) is 2.65. The molecule has 6 nitrogen and oxygen atoms in total. The van der Waals surface area contributed by atoms with Crippen LogP contribution in [0.15, 0.2) is 6.07 Å². The van der Waals surface area contributed by atoms with Gasteiger partial charge in [0, 0.05) is 31.9 Å². The molecule has 6 heteroatoms. The van der Waals surface area contributed by atoms with Gasteiger partial charge in [0.15, 0.2) is 0 Å². The van der Waals surface area contributed by atoms with Crippen LogP contribution in [0.5, 0.6) is 0 Å². The van der Waals surface area contributed by atoms with Crippen molar-refractivity contribution in [2.45, 2.75) is 38.5 Å². The highest BCUT2D eigenvalue weighted by molar-refractivity contribution is 5.79. The number of rotatable bonds is 4. The number of nitriles is 1. The van der Waals surface area contributed by atoms with Crippen molar-refractivity contribution in [3.05, 3.63) is 22.9 Å². The summed E-state index contributed by atoms with van der Waals surface area (Å²) in [5.74, 6) is 0.755. The molecular weight excluding hydrogens is 302 g/mol. The number of hydrogen-bond acceptors (Lipinski definition) is 5. The third-order valence-corrected chi connectivity index (χ3v) is 4.94. The van der Waals surface area contributed by atoms with Gasteiger partial charge in [0.1, 0.15) is 11.9 Å². The third kappa shape index (κ3) is 3.51. The van der Waals surface area contributed by atoms with Crippen LogP contribution in [-0.2, 0) is 17.6 Å². The first kappa shape index (κ1) is 16.7. The number of carbonyl (C=O) groups excluding carboxylic acids is 1. The Morgan fingerprint density at radius 2 is 2.25 bits per heavy atom. The zero-order valence-electron chi connectivity index (χ0n) is 14.1. The van der Waals surface area contributed by atoms with Gasteiger partial charge in [-0.15, -0.1) is 0 Å². The number of fused-ring (bicyclic) bond motifs is 1. The summed E-state index contributed by atoms with van der Waals surface area (Å²) in [5.41, 5.74) is 8.44. The van der Waals surface area contributed by atoms with Gasteiger partial charge in [-0.05, 0) is 50.2 Å². The first-order chi connectivity index (χ1) is 11.7. The molecule has 1 fully saturated rings. The van der Waals surface area contributed by atoms with Crippen LogP contribution < -0.4 is 16.0 Å². The molecule has 1 unspecified atom stereocenters. The van der Waals surface area contributed by atoms with Gasteiger partial charge < -0.3 is 16.0 Å². The van der Waals surface area contributed by atoms with Crippen molar-refractivity contribution in [2.75, 3.05) is 31.1 Å². The summed E-state index contributed by atoms with van der Waals surface area (Å²) in [6.07, 6.45) is 6.15. The van der Waals surface area contributed by atoms with Crippen LogP contribution in [0.4, 0.5) is 5.82 Å². The van der Waals surface area contributed by atoms with Gasteiger partial charge in [0.25, 0.3) is 0 Å². The molecule has 1 aliphatic carbocycles. The highest BCUT2D eigenvalue weighted by Gasteiger charge is 2.28. The molecule has 1 aromatic rings. The number of nitrogens with two attached hydrogens (primary N) is 1. The van der Waals surface area contributed by atoms with Gasteiger partial charge >= 0.3 is 0 Å². The van der Waals surface area contributed by atoms with E-state index in [1.54, 1.807) is 0 Å². The Hall–Kier alpha value is -2.13. The lowest BCUT2D eigenvalue weighted by atomic mass is 9.93. The highest BCUT2D eigenvalue weighted by Crippen LogP contribution is 2.29. The topological polar surface area (TPSA) is 95.0 Å². The van der Waals surface area contributed by atoms with E-state index < -0.39 is 0 Å². The summed E-state index contributed by atoms with van der Waals surface area (Å²) in [7, 11) is 0. The minimum atomic E-state index is -0.0605. The van der Waals surface area contributed by atoms with E-state index in [1.807, 2.05) is 6.07 Å². The molecule has 3 rings (SSSR count).